The van der Waals surface area contributed by atoms with Crippen molar-refractivity contribution in [3.05, 3.63) is 344 Å². The highest BCUT2D eigenvalue weighted by Crippen LogP contribution is 2.56. The molecule has 0 amide bonds. The summed E-state index contributed by atoms with van der Waals surface area (Å²) >= 11 is 0. The Kier molecular flexibility index (Phi) is 15.9. The number of aromatic nitrogens is 4. The molecule has 0 spiro atoms. The SMILES string of the molecule is CC(C)(C)c1cc2c3c(c1)N(c1c(-c4ccccc4)cncc1-c1ccccc1)c1cc(-n4c5ccccc5c5cc(-c6ccc7c(c6)C(C)(C)CCC7(C)C)ccc54)ccc1B3c1ccc(-n3c4ccccc4c4cc(-c5ccc6c(c5)C(C)(C)CCC6(C)C)ccc43)cc1N2c1c(-c2ccccc2)cncc1-c1ccccc1. The van der Waals surface area contributed by atoms with Crippen molar-refractivity contribution < 1.29 is 0 Å². The van der Waals surface area contributed by atoms with Gasteiger partial charge in [0.1, 0.15) is 0 Å². The number of anilines is 6. The van der Waals surface area contributed by atoms with E-state index in [4.69, 9.17) is 9.97 Å². The van der Waals surface area contributed by atoms with Crippen LogP contribution < -0.4 is 26.2 Å². The summed E-state index contributed by atoms with van der Waals surface area (Å²) in [6.07, 6.45) is 13.1. The molecule has 558 valence electrons. The Labute approximate surface area is 676 Å². The topological polar surface area (TPSA) is 42.1 Å². The summed E-state index contributed by atoms with van der Waals surface area (Å²) in [6.45, 7) is 26.3. The molecule has 0 fully saturated rings. The fraction of sp³-hybridized carbons (Fsp3) is 0.185. The van der Waals surface area contributed by atoms with E-state index >= 15 is 0 Å². The van der Waals surface area contributed by atoms with E-state index in [2.05, 4.69) is 411 Å². The quantitative estimate of drug-likeness (QED) is 0.128. The average molecular weight is 1490 g/mol. The van der Waals surface area contributed by atoms with Crippen LogP contribution in [0.1, 0.15) is 130 Å². The van der Waals surface area contributed by atoms with Crippen LogP contribution in [0.5, 0.6) is 0 Å². The highest BCUT2D eigenvalue weighted by atomic mass is 15.2. The van der Waals surface area contributed by atoms with E-state index in [-0.39, 0.29) is 33.8 Å². The van der Waals surface area contributed by atoms with Gasteiger partial charge in [0.25, 0.3) is 6.71 Å². The van der Waals surface area contributed by atoms with E-state index in [9.17, 15) is 0 Å². The smallest absolute Gasteiger partial charge is 0.252 e. The van der Waals surface area contributed by atoms with Crippen LogP contribution in [0.3, 0.4) is 0 Å². The third-order valence-corrected chi connectivity index (χ3v) is 26.8. The fourth-order valence-electron chi connectivity index (χ4n) is 20.3. The summed E-state index contributed by atoms with van der Waals surface area (Å²) in [6, 6.07) is 111. The summed E-state index contributed by atoms with van der Waals surface area (Å²) in [5.74, 6) is 0. The van der Waals surface area contributed by atoms with E-state index < -0.39 is 0 Å². The molecule has 21 rings (SSSR count). The molecular formula is C108H93BN6. The van der Waals surface area contributed by atoms with Crippen LogP contribution in [0.2, 0.25) is 0 Å². The Bertz CT molecular complexity index is 6320. The molecule has 6 heterocycles. The van der Waals surface area contributed by atoms with Crippen molar-refractivity contribution in [1.82, 2.24) is 19.1 Å². The first-order valence-corrected chi connectivity index (χ1v) is 41.3. The molecule has 7 heteroatoms. The van der Waals surface area contributed by atoms with E-state index in [0.29, 0.717) is 0 Å². The third kappa shape index (κ3) is 11.2. The predicted molar refractivity (Wildman–Crippen MR) is 487 cm³/mol. The molecule has 2 aliphatic carbocycles. The van der Waals surface area contributed by atoms with Crippen LogP contribution in [-0.2, 0) is 27.1 Å². The minimum absolute atomic E-state index is 0.0788. The van der Waals surface area contributed by atoms with Crippen molar-refractivity contribution in [3.63, 3.8) is 0 Å². The van der Waals surface area contributed by atoms with Crippen LogP contribution in [0.25, 0.3) is 122 Å². The number of para-hydroxylation sites is 2. The largest absolute Gasteiger partial charge is 0.310 e. The molecule has 2 aliphatic heterocycles. The van der Waals surface area contributed by atoms with Gasteiger partial charge in [0.2, 0.25) is 0 Å². The zero-order valence-electron chi connectivity index (χ0n) is 67.6. The van der Waals surface area contributed by atoms with Crippen LogP contribution in [0.4, 0.5) is 34.1 Å². The maximum absolute atomic E-state index is 5.23. The summed E-state index contributed by atoms with van der Waals surface area (Å²) in [7, 11) is 0. The molecule has 4 aromatic heterocycles. The van der Waals surface area contributed by atoms with Gasteiger partial charge in [-0.3, -0.25) is 9.97 Å². The lowest BCUT2D eigenvalue weighted by Gasteiger charge is -2.46. The van der Waals surface area contributed by atoms with Gasteiger partial charge in [-0.1, -0.05) is 295 Å². The lowest BCUT2D eigenvalue weighted by molar-refractivity contribution is 0.332. The van der Waals surface area contributed by atoms with Crippen molar-refractivity contribution in [2.75, 3.05) is 9.80 Å². The maximum Gasteiger partial charge on any atom is 0.252 e. The molecule has 0 unspecified atom stereocenters. The molecular weight excluding hydrogens is 1390 g/mol. The van der Waals surface area contributed by atoms with Gasteiger partial charge in [0.05, 0.1) is 33.4 Å². The monoisotopic (exact) mass is 1480 g/mol. The lowest BCUT2D eigenvalue weighted by atomic mass is 9.33. The predicted octanol–water partition coefficient (Wildman–Crippen LogP) is 26.8. The standard InChI is InChI=1S/C108H93BN6/c1-104(2,3)76-60-99-101-100(61-76)115(103-85(70-32-20-14-21-33-70)66-111-67-86(103)71-34-22-15-23-35-71)98-63-78(113-94-39-27-25-37-80(94)82-57-73(43-51-96(82)113)75-41-47-88-90(59-75)108(10,11)55-53-106(88,6)7)45-49-92(98)109(101)91-48-44-77(62-97(91)114(99)102-83(68-28-16-12-17-29-68)64-110-65-84(102)69-30-18-13-19-31-69)112-93-38-26-24-36-79(93)81-56-72(42-50-95(81)112)74-40-46-87-89(58-74)107(8,9)54-52-105(87,4)5/h12-51,56-67H,52-55H2,1-11H3. The van der Waals surface area contributed by atoms with E-state index in [1.807, 2.05) is 0 Å². The molecule has 0 saturated heterocycles. The van der Waals surface area contributed by atoms with Crippen molar-refractivity contribution in [1.29, 1.82) is 0 Å². The van der Waals surface area contributed by atoms with E-state index in [1.54, 1.807) is 0 Å². The van der Waals surface area contributed by atoms with E-state index in [1.165, 1.54) is 101 Å². The van der Waals surface area contributed by atoms with Crippen LogP contribution in [0.15, 0.2) is 316 Å². The van der Waals surface area contributed by atoms with Gasteiger partial charge < -0.3 is 18.9 Å². The van der Waals surface area contributed by atoms with Crippen LogP contribution in [-0.4, -0.2) is 25.8 Å². The Morgan fingerprint density at radius 1 is 0.287 bits per heavy atom. The number of nitrogens with zero attached hydrogens (tertiary/aromatic N) is 6. The molecule has 0 bridgehead atoms. The first-order chi connectivity index (χ1) is 55.7. The molecule has 0 radical (unpaired) electrons. The van der Waals surface area contributed by atoms with Crippen molar-refractivity contribution >= 4 is 101 Å². The van der Waals surface area contributed by atoms with Gasteiger partial charge in [-0.2, -0.15) is 0 Å². The number of fused-ring (bicyclic) bond motifs is 12. The number of hydrogen-bond donors (Lipinski definition) is 0. The van der Waals surface area contributed by atoms with Crippen molar-refractivity contribution in [2.24, 2.45) is 0 Å². The van der Waals surface area contributed by atoms with Crippen LogP contribution in [0, 0.1) is 0 Å². The van der Waals surface area contributed by atoms with Crippen LogP contribution >= 0.6 is 0 Å². The minimum Gasteiger partial charge on any atom is -0.310 e. The zero-order chi connectivity index (χ0) is 78.2. The summed E-state index contributed by atoms with van der Waals surface area (Å²) in [4.78, 5) is 15.8. The van der Waals surface area contributed by atoms with Gasteiger partial charge >= 0.3 is 0 Å². The first kappa shape index (κ1) is 70.3. The van der Waals surface area contributed by atoms with Gasteiger partial charge in [-0.15, -0.1) is 0 Å². The van der Waals surface area contributed by atoms with Gasteiger partial charge in [0.15, 0.2) is 0 Å². The number of hydrogen-bond acceptors (Lipinski definition) is 4. The Balaban J connectivity index is 0.853. The third-order valence-electron chi connectivity index (χ3n) is 26.8. The Morgan fingerprint density at radius 2 is 0.609 bits per heavy atom. The minimum atomic E-state index is -0.352. The first-order valence-electron chi connectivity index (χ1n) is 41.3. The molecule has 0 saturated carbocycles. The maximum atomic E-state index is 5.23. The van der Waals surface area contributed by atoms with Crippen molar-refractivity contribution in [2.45, 2.75) is 129 Å². The average Bonchev–Trinajstić information content (AvgIpc) is 0.886. The molecule has 115 heavy (non-hydrogen) atoms. The molecule has 17 aromatic rings. The highest BCUT2D eigenvalue weighted by molar-refractivity contribution is 7.00. The second-order valence-electron chi connectivity index (χ2n) is 36.6. The Morgan fingerprint density at radius 3 is 0.974 bits per heavy atom. The molecule has 4 aliphatic rings. The molecule has 6 nitrogen and oxygen atoms in total. The van der Waals surface area contributed by atoms with Crippen molar-refractivity contribution in [3.8, 4) is 78.1 Å². The van der Waals surface area contributed by atoms with E-state index in [0.717, 1.165) is 125 Å². The summed E-state index contributed by atoms with van der Waals surface area (Å²) in [5, 5.41) is 4.88. The Hall–Kier alpha value is -12.6. The van der Waals surface area contributed by atoms with Gasteiger partial charge in [-0.05, 0) is 214 Å². The second kappa shape index (κ2) is 26.0. The number of rotatable bonds is 10. The number of benzene rings is 13. The zero-order valence-corrected chi connectivity index (χ0v) is 67.6. The fourth-order valence-corrected chi connectivity index (χ4v) is 20.3. The number of pyridine rings is 2. The second-order valence-corrected chi connectivity index (χ2v) is 36.6. The van der Waals surface area contributed by atoms with Gasteiger partial charge in [-0.25, -0.2) is 0 Å². The van der Waals surface area contributed by atoms with Gasteiger partial charge in [0, 0.05) is 103 Å². The highest BCUT2D eigenvalue weighted by Gasteiger charge is 2.47. The molecule has 0 atom stereocenters. The molecule has 0 N–H and O–H groups in total. The molecule has 13 aromatic carbocycles. The summed E-state index contributed by atoms with van der Waals surface area (Å²) in [5.41, 5.74) is 37.5. The normalized spacial score (nSPS) is 15.5. The summed E-state index contributed by atoms with van der Waals surface area (Å²) < 4.78 is 5.07. The lowest BCUT2D eigenvalue weighted by Crippen LogP contribution is -2.61.